The highest BCUT2D eigenvalue weighted by atomic mass is 16.6. The molecule has 0 bridgehead atoms. The van der Waals surface area contributed by atoms with Crippen molar-refractivity contribution in [1.29, 1.82) is 0 Å². The minimum atomic E-state index is -0.424. The van der Waals surface area contributed by atoms with Crippen LogP contribution in [0.1, 0.15) is 278 Å². The van der Waals surface area contributed by atoms with E-state index in [1.807, 2.05) is 0 Å². The van der Waals surface area contributed by atoms with Crippen molar-refractivity contribution in [3.8, 4) is 0 Å². The Morgan fingerprint density at radius 1 is 0.328 bits per heavy atom. The van der Waals surface area contributed by atoms with Gasteiger partial charge in [-0.05, 0) is 83.5 Å². The van der Waals surface area contributed by atoms with Gasteiger partial charge in [-0.2, -0.15) is 0 Å². The Labute approximate surface area is 398 Å². The van der Waals surface area contributed by atoms with E-state index in [1.54, 1.807) is 0 Å². The molecule has 1 atom stereocenters. The van der Waals surface area contributed by atoms with Crippen molar-refractivity contribution in [3.63, 3.8) is 0 Å². The molecule has 0 aromatic heterocycles. The topological polar surface area (TPSA) is 61.8 Å². The summed E-state index contributed by atoms with van der Waals surface area (Å²) in [6.07, 6.45) is 69.7. The number of ether oxygens (including phenoxy) is 3. The smallest absolute Gasteiger partial charge is 0.305 e. The standard InChI is InChI=1S/C59H106O5/c1-4-7-10-13-16-19-22-25-28-30-32-35-38-41-44-47-50-53-59(61)64-56-57(62-54-51-48-45-42-39-36-33-29-26-23-20-17-14-11-8-5-2)55-63-58(60)52-49-46-43-40-37-34-31-27-24-21-18-15-12-9-6-3/h16,19,25,27-28,31-32,35,41,44,57H,4-15,17-18,20-24,26,29-30,33-34,36-40,42-43,45-56H2,1-3H3/b19-16-,28-25-,31-27-,35-32-,44-41-/t57-/m0/s1. The molecule has 5 nitrogen and oxygen atoms in total. The zero-order valence-electron chi connectivity index (χ0n) is 42.8. The first-order valence-electron chi connectivity index (χ1n) is 27.8. The van der Waals surface area contributed by atoms with E-state index in [0.29, 0.717) is 19.4 Å². The number of carbonyl (C=O) groups excluding carboxylic acids is 2. The van der Waals surface area contributed by atoms with Gasteiger partial charge in [-0.3, -0.25) is 9.59 Å². The second kappa shape index (κ2) is 54.9. The van der Waals surface area contributed by atoms with E-state index >= 15 is 0 Å². The van der Waals surface area contributed by atoms with Crippen LogP contribution in [-0.2, 0) is 23.8 Å². The van der Waals surface area contributed by atoms with Crippen LogP contribution < -0.4 is 0 Å². The second-order valence-electron chi connectivity index (χ2n) is 18.5. The average Bonchev–Trinajstić information content (AvgIpc) is 3.30. The Hall–Kier alpha value is -2.40. The van der Waals surface area contributed by atoms with Crippen LogP contribution in [-0.4, -0.2) is 37.9 Å². The van der Waals surface area contributed by atoms with Gasteiger partial charge in [0.15, 0.2) is 0 Å². The molecule has 64 heavy (non-hydrogen) atoms. The maximum atomic E-state index is 12.6. The number of allylic oxidation sites excluding steroid dienone is 10. The van der Waals surface area contributed by atoms with Gasteiger partial charge in [0, 0.05) is 19.4 Å². The van der Waals surface area contributed by atoms with E-state index in [9.17, 15) is 9.59 Å². The van der Waals surface area contributed by atoms with E-state index in [4.69, 9.17) is 14.2 Å². The third kappa shape index (κ3) is 52.2. The first-order valence-corrected chi connectivity index (χ1v) is 27.8. The summed E-state index contributed by atoms with van der Waals surface area (Å²) in [6.45, 7) is 7.66. The van der Waals surface area contributed by atoms with Gasteiger partial charge in [0.2, 0.25) is 0 Å². The molecule has 0 saturated heterocycles. The van der Waals surface area contributed by atoms with Crippen LogP contribution in [0.5, 0.6) is 0 Å². The van der Waals surface area contributed by atoms with Crippen molar-refractivity contribution in [1.82, 2.24) is 0 Å². The van der Waals surface area contributed by atoms with Gasteiger partial charge in [-0.1, -0.05) is 242 Å². The van der Waals surface area contributed by atoms with Crippen molar-refractivity contribution >= 4 is 11.9 Å². The number of hydrogen-bond acceptors (Lipinski definition) is 5. The molecule has 0 spiro atoms. The molecule has 0 aromatic carbocycles. The Balaban J connectivity index is 4.34. The molecular weight excluding hydrogens is 789 g/mol. The monoisotopic (exact) mass is 895 g/mol. The molecule has 0 aliphatic rings. The van der Waals surface area contributed by atoms with Crippen molar-refractivity contribution < 1.29 is 23.8 Å². The van der Waals surface area contributed by atoms with Crippen molar-refractivity contribution in [2.45, 2.75) is 284 Å². The minimum absolute atomic E-state index is 0.128. The third-order valence-corrected chi connectivity index (χ3v) is 12.1. The first kappa shape index (κ1) is 61.6. The highest BCUT2D eigenvalue weighted by Crippen LogP contribution is 2.15. The first-order chi connectivity index (χ1) is 31.6. The van der Waals surface area contributed by atoms with Crippen molar-refractivity contribution in [2.75, 3.05) is 19.8 Å². The van der Waals surface area contributed by atoms with Gasteiger partial charge in [0.25, 0.3) is 0 Å². The molecule has 0 aliphatic carbocycles. The molecule has 0 rings (SSSR count). The van der Waals surface area contributed by atoms with Crippen LogP contribution >= 0.6 is 0 Å². The lowest BCUT2D eigenvalue weighted by Gasteiger charge is -2.18. The number of esters is 2. The molecule has 0 unspecified atom stereocenters. The number of rotatable bonds is 51. The lowest BCUT2D eigenvalue weighted by atomic mass is 10.0. The fourth-order valence-corrected chi connectivity index (χ4v) is 7.83. The Bertz CT molecular complexity index is 1100. The highest BCUT2D eigenvalue weighted by Gasteiger charge is 2.16. The zero-order chi connectivity index (χ0) is 46.3. The summed E-state index contributed by atoms with van der Waals surface area (Å²) >= 11 is 0. The Morgan fingerprint density at radius 3 is 1.03 bits per heavy atom. The minimum Gasteiger partial charge on any atom is -0.463 e. The van der Waals surface area contributed by atoms with Gasteiger partial charge in [-0.25, -0.2) is 0 Å². The van der Waals surface area contributed by atoms with Crippen LogP contribution in [0.25, 0.3) is 0 Å². The van der Waals surface area contributed by atoms with Crippen molar-refractivity contribution in [3.05, 3.63) is 60.8 Å². The summed E-state index contributed by atoms with van der Waals surface area (Å²) in [4.78, 5) is 25.2. The van der Waals surface area contributed by atoms with Crippen molar-refractivity contribution in [2.24, 2.45) is 0 Å². The van der Waals surface area contributed by atoms with E-state index < -0.39 is 6.10 Å². The maximum Gasteiger partial charge on any atom is 0.305 e. The molecular formula is C59H106O5. The summed E-state index contributed by atoms with van der Waals surface area (Å²) < 4.78 is 17.4. The Morgan fingerprint density at radius 2 is 0.609 bits per heavy atom. The van der Waals surface area contributed by atoms with Gasteiger partial charge in [-0.15, -0.1) is 0 Å². The summed E-state index contributed by atoms with van der Waals surface area (Å²) in [5, 5.41) is 0. The molecule has 0 amide bonds. The van der Waals surface area contributed by atoms with Crippen LogP contribution in [0.3, 0.4) is 0 Å². The number of hydrogen-bond donors (Lipinski definition) is 0. The molecule has 0 radical (unpaired) electrons. The SMILES string of the molecule is CCCCC/C=C\C/C=C\C/C=C\C/C=C\CCCC(=O)OC[C@H](COC(=O)CCCCCCC/C=C\CCCCCCCC)OCCCCCCCCCCCCCCCCCC. The number of carbonyl (C=O) groups is 2. The van der Waals surface area contributed by atoms with E-state index in [2.05, 4.69) is 81.5 Å². The molecule has 0 heterocycles. The Kier molecular flexibility index (Phi) is 52.9. The van der Waals surface area contributed by atoms with E-state index in [1.165, 1.54) is 173 Å². The highest BCUT2D eigenvalue weighted by molar-refractivity contribution is 5.69. The molecule has 0 fully saturated rings. The predicted molar refractivity (Wildman–Crippen MR) is 279 cm³/mol. The van der Waals surface area contributed by atoms with Crippen LogP contribution in [0.4, 0.5) is 0 Å². The molecule has 0 aliphatic heterocycles. The van der Waals surface area contributed by atoms with E-state index in [-0.39, 0.29) is 25.2 Å². The van der Waals surface area contributed by atoms with Gasteiger partial charge in [0.05, 0.1) is 0 Å². The predicted octanol–water partition coefficient (Wildman–Crippen LogP) is 18.9. The largest absolute Gasteiger partial charge is 0.463 e. The van der Waals surface area contributed by atoms with Gasteiger partial charge in [0.1, 0.15) is 19.3 Å². The fraction of sp³-hybridized carbons (Fsp3) is 0.797. The van der Waals surface area contributed by atoms with Gasteiger partial charge >= 0.3 is 11.9 Å². The molecule has 0 N–H and O–H groups in total. The van der Waals surface area contributed by atoms with Crippen LogP contribution in [0.2, 0.25) is 0 Å². The zero-order valence-corrected chi connectivity index (χ0v) is 42.8. The van der Waals surface area contributed by atoms with Crippen LogP contribution in [0, 0.1) is 0 Å². The molecule has 372 valence electrons. The molecule has 0 saturated carbocycles. The number of unbranched alkanes of at least 4 members (excludes halogenated alkanes) is 30. The maximum absolute atomic E-state index is 12.6. The normalized spacial score (nSPS) is 12.6. The summed E-state index contributed by atoms with van der Waals surface area (Å²) in [5.41, 5.74) is 0. The second-order valence-corrected chi connectivity index (χ2v) is 18.5. The summed E-state index contributed by atoms with van der Waals surface area (Å²) in [5.74, 6) is -0.398. The average molecular weight is 895 g/mol. The lowest BCUT2D eigenvalue weighted by Crippen LogP contribution is -2.29. The molecule has 5 heteroatoms. The summed E-state index contributed by atoms with van der Waals surface area (Å²) in [7, 11) is 0. The quantitative estimate of drug-likeness (QED) is 0.0346. The van der Waals surface area contributed by atoms with E-state index in [0.717, 1.165) is 70.6 Å². The fourth-order valence-electron chi connectivity index (χ4n) is 7.83. The summed E-state index contributed by atoms with van der Waals surface area (Å²) in [6, 6.07) is 0. The molecule has 0 aromatic rings. The third-order valence-electron chi connectivity index (χ3n) is 12.1. The lowest BCUT2D eigenvalue weighted by molar-refractivity contribution is -0.155. The van der Waals surface area contributed by atoms with Crippen LogP contribution in [0.15, 0.2) is 60.8 Å². The van der Waals surface area contributed by atoms with Gasteiger partial charge < -0.3 is 14.2 Å².